The minimum atomic E-state index is 0.851. The molecule has 0 aliphatic rings. The first-order chi connectivity index (χ1) is 8.92. The summed E-state index contributed by atoms with van der Waals surface area (Å²) >= 11 is 3.19. The highest BCUT2D eigenvalue weighted by Gasteiger charge is 1.96. The molecule has 0 radical (unpaired) electrons. The largest absolute Gasteiger partial charge is 0.245 e. The first kappa shape index (κ1) is 12.7. The lowest BCUT2D eigenvalue weighted by Gasteiger charge is -1.89. The van der Waals surface area contributed by atoms with Crippen LogP contribution in [0.1, 0.15) is 24.4 Å². The number of benzene rings is 1. The number of hydrogen-bond acceptors (Lipinski definition) is 4. The van der Waals surface area contributed by atoms with Crippen LogP contribution in [0.5, 0.6) is 0 Å². The number of fused-ring (bicyclic) bond motifs is 1. The first-order valence-corrected chi connectivity index (χ1v) is 7.42. The summed E-state index contributed by atoms with van der Waals surface area (Å²) in [5.74, 6) is 6.15. The van der Waals surface area contributed by atoms with Crippen LogP contribution in [-0.2, 0) is 0 Å². The fourth-order valence-electron chi connectivity index (χ4n) is 1.34. The van der Waals surface area contributed by atoms with Gasteiger partial charge in [-0.3, -0.25) is 0 Å². The maximum absolute atomic E-state index is 4.23. The Morgan fingerprint density at radius 2 is 1.94 bits per heavy atom. The van der Waals surface area contributed by atoms with Gasteiger partial charge in [0.1, 0.15) is 0 Å². The first-order valence-electron chi connectivity index (χ1n) is 5.66. The third-order valence-corrected chi connectivity index (χ3v) is 3.56. The van der Waals surface area contributed by atoms with Crippen molar-refractivity contribution in [3.05, 3.63) is 45.9 Å². The molecule has 3 aromatic rings. The van der Waals surface area contributed by atoms with Gasteiger partial charge in [0, 0.05) is 17.1 Å². The molecule has 0 aliphatic carbocycles. The fourth-order valence-corrected chi connectivity index (χ4v) is 2.54. The minimum Gasteiger partial charge on any atom is -0.245 e. The predicted molar refractivity (Wildman–Crippen MR) is 79.1 cm³/mol. The van der Waals surface area contributed by atoms with E-state index in [2.05, 4.69) is 27.9 Å². The number of thiazole rings is 2. The second kappa shape index (κ2) is 6.29. The van der Waals surface area contributed by atoms with Crippen LogP contribution in [0.3, 0.4) is 0 Å². The molecule has 2 heterocycles. The molecular weight excluding hydrogens is 260 g/mol. The van der Waals surface area contributed by atoms with E-state index in [0.29, 0.717) is 0 Å². The zero-order chi connectivity index (χ0) is 12.8. The van der Waals surface area contributed by atoms with Gasteiger partial charge in [-0.1, -0.05) is 19.8 Å². The average Bonchev–Trinajstić information content (AvgIpc) is 3.09. The normalized spacial score (nSPS) is 9.22. The molecule has 0 atom stereocenters. The standard InChI is InChI=1S/C12H6N2S2.C2H6/c1-3-10-11(16-8-14-10)7-9(1)2-4-12-13-5-6-15-12;1-2/h1,3,5-8H;1-2H3. The van der Waals surface area contributed by atoms with Gasteiger partial charge in [0.25, 0.3) is 0 Å². The van der Waals surface area contributed by atoms with E-state index in [4.69, 9.17) is 0 Å². The van der Waals surface area contributed by atoms with Gasteiger partial charge in [-0.25, -0.2) is 9.97 Å². The molecular formula is C14H12N2S2. The van der Waals surface area contributed by atoms with Gasteiger partial charge in [0.15, 0.2) is 5.01 Å². The molecule has 90 valence electrons. The summed E-state index contributed by atoms with van der Waals surface area (Å²) in [5, 5.41) is 2.78. The molecule has 0 spiro atoms. The predicted octanol–water partition coefficient (Wildman–Crippen LogP) is 4.18. The monoisotopic (exact) mass is 272 g/mol. The smallest absolute Gasteiger partial charge is 0.167 e. The highest BCUT2D eigenvalue weighted by molar-refractivity contribution is 7.16. The van der Waals surface area contributed by atoms with Crippen molar-refractivity contribution >= 4 is 32.9 Å². The van der Waals surface area contributed by atoms with E-state index in [1.807, 2.05) is 36.9 Å². The van der Waals surface area contributed by atoms with Crippen LogP contribution >= 0.6 is 22.7 Å². The van der Waals surface area contributed by atoms with Gasteiger partial charge < -0.3 is 0 Å². The van der Waals surface area contributed by atoms with Crippen LogP contribution in [0.25, 0.3) is 10.2 Å². The number of nitrogens with zero attached hydrogens (tertiary/aromatic N) is 2. The van der Waals surface area contributed by atoms with Crippen molar-refractivity contribution in [2.24, 2.45) is 0 Å². The summed E-state index contributed by atoms with van der Waals surface area (Å²) in [5.41, 5.74) is 3.89. The molecule has 2 aromatic heterocycles. The van der Waals surface area contributed by atoms with E-state index in [1.165, 1.54) is 4.70 Å². The van der Waals surface area contributed by atoms with Gasteiger partial charge in [-0.2, -0.15) is 0 Å². The van der Waals surface area contributed by atoms with Crippen molar-refractivity contribution in [2.75, 3.05) is 0 Å². The molecule has 18 heavy (non-hydrogen) atoms. The Morgan fingerprint density at radius 3 is 2.72 bits per heavy atom. The molecule has 0 saturated carbocycles. The lowest BCUT2D eigenvalue weighted by atomic mass is 10.2. The Morgan fingerprint density at radius 1 is 1.06 bits per heavy atom. The molecule has 0 saturated heterocycles. The van der Waals surface area contributed by atoms with Gasteiger partial charge in [0.05, 0.1) is 15.7 Å². The third kappa shape index (κ3) is 2.95. The van der Waals surface area contributed by atoms with E-state index in [1.54, 1.807) is 28.9 Å². The summed E-state index contributed by atoms with van der Waals surface area (Å²) in [6.45, 7) is 4.00. The fraction of sp³-hybridized carbons (Fsp3) is 0.143. The molecule has 2 nitrogen and oxygen atoms in total. The lowest BCUT2D eigenvalue weighted by Crippen LogP contribution is -1.74. The van der Waals surface area contributed by atoms with Crippen LogP contribution < -0.4 is 0 Å². The molecule has 0 N–H and O–H groups in total. The zero-order valence-corrected chi connectivity index (χ0v) is 11.8. The molecule has 1 aromatic carbocycles. The summed E-state index contributed by atoms with van der Waals surface area (Å²) in [4.78, 5) is 8.35. The summed E-state index contributed by atoms with van der Waals surface area (Å²) < 4.78 is 1.17. The average molecular weight is 272 g/mol. The summed E-state index contributed by atoms with van der Waals surface area (Å²) in [6, 6.07) is 6.05. The van der Waals surface area contributed by atoms with Crippen LogP contribution in [0.15, 0.2) is 35.3 Å². The Labute approximate surface area is 114 Å². The molecule has 0 bridgehead atoms. The third-order valence-electron chi connectivity index (χ3n) is 2.08. The van der Waals surface area contributed by atoms with E-state index in [9.17, 15) is 0 Å². The van der Waals surface area contributed by atoms with Gasteiger partial charge in [-0.05, 0) is 24.1 Å². The van der Waals surface area contributed by atoms with Crippen LogP contribution in [0, 0.1) is 11.8 Å². The SMILES string of the molecule is C(#Cc1nccs1)c1ccc2ncsc2c1.CC. The Kier molecular flexibility index (Phi) is 4.46. The van der Waals surface area contributed by atoms with Gasteiger partial charge >= 0.3 is 0 Å². The Balaban J connectivity index is 0.000000574. The molecule has 0 aliphatic heterocycles. The Hall–Kier alpha value is -1.70. The molecule has 4 heteroatoms. The topological polar surface area (TPSA) is 25.8 Å². The van der Waals surface area contributed by atoms with Gasteiger partial charge in [-0.15, -0.1) is 22.7 Å². The van der Waals surface area contributed by atoms with E-state index in [0.717, 1.165) is 16.1 Å². The highest BCUT2D eigenvalue weighted by Crippen LogP contribution is 2.18. The molecule has 0 fully saturated rings. The number of rotatable bonds is 0. The van der Waals surface area contributed by atoms with Crippen LogP contribution in [-0.4, -0.2) is 9.97 Å². The van der Waals surface area contributed by atoms with Crippen LogP contribution in [0.2, 0.25) is 0 Å². The number of hydrogen-bond donors (Lipinski definition) is 0. The molecule has 3 rings (SSSR count). The number of aromatic nitrogens is 2. The van der Waals surface area contributed by atoms with E-state index in [-0.39, 0.29) is 0 Å². The van der Waals surface area contributed by atoms with Crippen molar-refractivity contribution in [1.29, 1.82) is 0 Å². The van der Waals surface area contributed by atoms with Crippen molar-refractivity contribution in [1.82, 2.24) is 9.97 Å². The maximum atomic E-state index is 4.23. The van der Waals surface area contributed by atoms with E-state index < -0.39 is 0 Å². The maximum Gasteiger partial charge on any atom is 0.167 e. The lowest BCUT2D eigenvalue weighted by molar-refractivity contribution is 1.39. The minimum absolute atomic E-state index is 0.851. The van der Waals surface area contributed by atoms with Gasteiger partial charge in [0.2, 0.25) is 0 Å². The molecule has 0 unspecified atom stereocenters. The zero-order valence-electron chi connectivity index (χ0n) is 10.2. The van der Waals surface area contributed by atoms with Crippen molar-refractivity contribution in [3.8, 4) is 11.8 Å². The van der Waals surface area contributed by atoms with Crippen molar-refractivity contribution in [3.63, 3.8) is 0 Å². The van der Waals surface area contributed by atoms with E-state index >= 15 is 0 Å². The van der Waals surface area contributed by atoms with Crippen molar-refractivity contribution in [2.45, 2.75) is 13.8 Å². The summed E-state index contributed by atoms with van der Waals surface area (Å²) in [6.07, 6.45) is 1.76. The van der Waals surface area contributed by atoms with Crippen LogP contribution in [0.4, 0.5) is 0 Å². The molecule has 0 amide bonds. The highest BCUT2D eigenvalue weighted by atomic mass is 32.1. The van der Waals surface area contributed by atoms with Crippen molar-refractivity contribution < 1.29 is 0 Å². The quantitative estimate of drug-likeness (QED) is 0.574. The summed E-state index contributed by atoms with van der Waals surface area (Å²) in [7, 11) is 0. The second-order valence-corrected chi connectivity index (χ2v) is 4.90. The Bertz CT molecular complexity index is 672. The second-order valence-electron chi connectivity index (χ2n) is 3.12.